The minimum absolute atomic E-state index is 0.0508. The van der Waals surface area contributed by atoms with Gasteiger partial charge in [-0.1, -0.05) is 46.3 Å². The Morgan fingerprint density at radius 3 is 2.83 bits per heavy atom. The highest BCUT2D eigenvalue weighted by atomic mass is 79.9. The van der Waals surface area contributed by atoms with E-state index in [9.17, 15) is 0 Å². The lowest BCUT2D eigenvalue weighted by Crippen LogP contribution is -2.24. The normalized spacial score (nSPS) is 17.6. The molecule has 0 radical (unpaired) electrons. The van der Waals surface area contributed by atoms with Crippen LogP contribution in [0.3, 0.4) is 0 Å². The van der Waals surface area contributed by atoms with Crippen molar-refractivity contribution >= 4 is 21.6 Å². The Morgan fingerprint density at radius 1 is 1.17 bits per heavy atom. The Balaban J connectivity index is 1.94. The van der Waals surface area contributed by atoms with Crippen molar-refractivity contribution in [2.24, 2.45) is 0 Å². The highest BCUT2D eigenvalue weighted by molar-refractivity contribution is 9.10. The van der Waals surface area contributed by atoms with Gasteiger partial charge < -0.3 is 10.1 Å². The molecule has 0 aliphatic carbocycles. The molecule has 2 aromatic rings. The Morgan fingerprint density at radius 2 is 2.00 bits per heavy atom. The molecule has 0 saturated heterocycles. The second-order valence-electron chi connectivity index (χ2n) is 4.46. The molecule has 1 heterocycles. The van der Waals surface area contributed by atoms with E-state index in [-0.39, 0.29) is 6.10 Å². The van der Waals surface area contributed by atoms with Crippen molar-refractivity contribution < 1.29 is 4.74 Å². The summed E-state index contributed by atoms with van der Waals surface area (Å²) in [6, 6.07) is 14.3. The van der Waals surface area contributed by atoms with Gasteiger partial charge in [0.2, 0.25) is 0 Å². The SMILES string of the molecule is Cc1cccc2c1NCC(c1ccccc1Br)O2. The number of halogens is 1. The Hall–Kier alpha value is -1.48. The van der Waals surface area contributed by atoms with Crippen LogP contribution in [0.4, 0.5) is 5.69 Å². The molecule has 0 fully saturated rings. The molecule has 2 nitrogen and oxygen atoms in total. The van der Waals surface area contributed by atoms with E-state index in [1.54, 1.807) is 0 Å². The lowest BCUT2D eigenvalue weighted by Gasteiger charge is -2.29. The molecule has 1 atom stereocenters. The van der Waals surface area contributed by atoms with E-state index in [1.807, 2.05) is 30.3 Å². The van der Waals surface area contributed by atoms with Crippen molar-refractivity contribution in [3.05, 3.63) is 58.1 Å². The van der Waals surface area contributed by atoms with E-state index in [2.05, 4.69) is 40.3 Å². The van der Waals surface area contributed by atoms with E-state index in [0.29, 0.717) is 0 Å². The van der Waals surface area contributed by atoms with E-state index in [4.69, 9.17) is 4.74 Å². The summed E-state index contributed by atoms with van der Waals surface area (Å²) < 4.78 is 7.18. The molecule has 0 aromatic heterocycles. The van der Waals surface area contributed by atoms with Crippen molar-refractivity contribution in [3.63, 3.8) is 0 Å². The fourth-order valence-corrected chi connectivity index (χ4v) is 2.81. The van der Waals surface area contributed by atoms with E-state index in [0.717, 1.165) is 22.5 Å². The summed E-state index contributed by atoms with van der Waals surface area (Å²) in [4.78, 5) is 0. The van der Waals surface area contributed by atoms with Crippen LogP contribution in [0.5, 0.6) is 5.75 Å². The van der Waals surface area contributed by atoms with Gasteiger partial charge in [0.25, 0.3) is 0 Å². The van der Waals surface area contributed by atoms with Crippen LogP contribution in [-0.2, 0) is 0 Å². The number of nitrogens with one attached hydrogen (secondary N) is 1. The Kier molecular flexibility index (Phi) is 3.00. The van der Waals surface area contributed by atoms with Crippen LogP contribution in [0.1, 0.15) is 17.2 Å². The average Bonchev–Trinajstić information content (AvgIpc) is 2.39. The molecule has 0 spiro atoms. The lowest BCUT2D eigenvalue weighted by atomic mass is 10.1. The summed E-state index contributed by atoms with van der Waals surface area (Å²) in [5.41, 5.74) is 3.51. The molecule has 3 rings (SSSR count). The third-order valence-corrected chi connectivity index (χ3v) is 3.94. The van der Waals surface area contributed by atoms with Gasteiger partial charge in [-0.3, -0.25) is 0 Å². The third-order valence-electron chi connectivity index (χ3n) is 3.22. The number of para-hydroxylation sites is 1. The second kappa shape index (κ2) is 4.65. The molecule has 0 bridgehead atoms. The van der Waals surface area contributed by atoms with Crippen molar-refractivity contribution in [1.29, 1.82) is 0 Å². The van der Waals surface area contributed by atoms with Gasteiger partial charge in [0.15, 0.2) is 0 Å². The zero-order chi connectivity index (χ0) is 12.5. The number of aryl methyl sites for hydroxylation is 1. The number of fused-ring (bicyclic) bond motifs is 1. The minimum Gasteiger partial charge on any atom is -0.482 e. The summed E-state index contributed by atoms with van der Waals surface area (Å²) in [5, 5.41) is 3.46. The molecule has 92 valence electrons. The van der Waals surface area contributed by atoms with Crippen LogP contribution >= 0.6 is 15.9 Å². The van der Waals surface area contributed by atoms with Gasteiger partial charge in [0.05, 0.1) is 12.2 Å². The average molecular weight is 304 g/mol. The van der Waals surface area contributed by atoms with E-state index in [1.165, 1.54) is 11.1 Å². The highest BCUT2D eigenvalue weighted by Crippen LogP contribution is 2.37. The summed E-state index contributed by atoms with van der Waals surface area (Å²) in [7, 11) is 0. The number of hydrogen-bond acceptors (Lipinski definition) is 2. The number of ether oxygens (including phenoxy) is 1. The quantitative estimate of drug-likeness (QED) is 0.848. The second-order valence-corrected chi connectivity index (χ2v) is 5.31. The summed E-state index contributed by atoms with van der Waals surface area (Å²) >= 11 is 3.58. The van der Waals surface area contributed by atoms with Crippen LogP contribution < -0.4 is 10.1 Å². The van der Waals surface area contributed by atoms with E-state index < -0.39 is 0 Å². The summed E-state index contributed by atoms with van der Waals surface area (Å²) in [6.45, 7) is 2.88. The first-order valence-electron chi connectivity index (χ1n) is 6.00. The topological polar surface area (TPSA) is 21.3 Å². The van der Waals surface area contributed by atoms with Gasteiger partial charge in [-0.25, -0.2) is 0 Å². The van der Waals surface area contributed by atoms with Crippen molar-refractivity contribution in [3.8, 4) is 5.75 Å². The van der Waals surface area contributed by atoms with E-state index >= 15 is 0 Å². The number of rotatable bonds is 1. The molecule has 18 heavy (non-hydrogen) atoms. The number of anilines is 1. The van der Waals surface area contributed by atoms with Crippen LogP contribution in [0, 0.1) is 6.92 Å². The van der Waals surface area contributed by atoms with Crippen molar-refractivity contribution in [2.45, 2.75) is 13.0 Å². The monoisotopic (exact) mass is 303 g/mol. The molecule has 1 aliphatic rings. The summed E-state index contributed by atoms with van der Waals surface area (Å²) in [6.07, 6.45) is 0.0508. The largest absolute Gasteiger partial charge is 0.482 e. The maximum Gasteiger partial charge on any atom is 0.143 e. The van der Waals surface area contributed by atoms with Crippen LogP contribution in [-0.4, -0.2) is 6.54 Å². The molecule has 0 saturated carbocycles. The van der Waals surface area contributed by atoms with Gasteiger partial charge in [-0.2, -0.15) is 0 Å². The summed E-state index contributed by atoms with van der Waals surface area (Å²) in [5.74, 6) is 0.932. The molecule has 1 aliphatic heterocycles. The van der Waals surface area contributed by atoms with Crippen LogP contribution in [0.2, 0.25) is 0 Å². The smallest absolute Gasteiger partial charge is 0.143 e. The lowest BCUT2D eigenvalue weighted by molar-refractivity contribution is 0.209. The molecule has 0 amide bonds. The fourth-order valence-electron chi connectivity index (χ4n) is 2.26. The van der Waals surface area contributed by atoms with Gasteiger partial charge >= 0.3 is 0 Å². The van der Waals surface area contributed by atoms with Crippen LogP contribution in [0.25, 0.3) is 0 Å². The van der Waals surface area contributed by atoms with Crippen molar-refractivity contribution in [1.82, 2.24) is 0 Å². The molecule has 2 aromatic carbocycles. The van der Waals surface area contributed by atoms with Gasteiger partial charge in [0.1, 0.15) is 11.9 Å². The molecule has 1 N–H and O–H groups in total. The molecule has 3 heteroatoms. The Bertz CT molecular complexity index is 582. The first-order chi connectivity index (χ1) is 8.75. The fraction of sp³-hybridized carbons (Fsp3) is 0.200. The van der Waals surface area contributed by atoms with Crippen LogP contribution in [0.15, 0.2) is 46.9 Å². The molecular formula is C15H14BrNO. The van der Waals surface area contributed by atoms with Gasteiger partial charge in [-0.05, 0) is 24.6 Å². The first-order valence-corrected chi connectivity index (χ1v) is 6.79. The predicted octanol–water partition coefficient (Wildman–Crippen LogP) is 4.30. The van der Waals surface area contributed by atoms with Gasteiger partial charge in [-0.15, -0.1) is 0 Å². The first kappa shape index (κ1) is 11.6. The van der Waals surface area contributed by atoms with Gasteiger partial charge in [0, 0.05) is 10.0 Å². The number of hydrogen-bond donors (Lipinski definition) is 1. The highest BCUT2D eigenvalue weighted by Gasteiger charge is 2.23. The predicted molar refractivity (Wildman–Crippen MR) is 77.2 cm³/mol. The Labute approximate surface area is 115 Å². The van der Waals surface area contributed by atoms with Crippen molar-refractivity contribution in [2.75, 3.05) is 11.9 Å². The zero-order valence-corrected chi connectivity index (χ0v) is 11.7. The molecule has 1 unspecified atom stereocenters. The standard InChI is InChI=1S/C15H14BrNO/c1-10-5-4-8-13-15(10)17-9-14(18-13)11-6-2-3-7-12(11)16/h2-8,14,17H,9H2,1H3. The molecular weight excluding hydrogens is 290 g/mol. The zero-order valence-electron chi connectivity index (χ0n) is 10.1. The number of benzene rings is 2. The maximum absolute atomic E-state index is 6.09. The maximum atomic E-state index is 6.09. The third kappa shape index (κ3) is 1.99. The minimum atomic E-state index is 0.0508.